The molecule has 0 radical (unpaired) electrons. The van der Waals surface area contributed by atoms with Gasteiger partial charge in [-0.25, -0.2) is 0 Å². The molecule has 0 atom stereocenters. The molecule has 4 heteroatoms. The molecule has 0 aliphatic carbocycles. The lowest BCUT2D eigenvalue weighted by atomic mass is 10.2. The van der Waals surface area contributed by atoms with Gasteiger partial charge in [0.2, 0.25) is 6.41 Å². The van der Waals surface area contributed by atoms with Crippen molar-refractivity contribution in [3.63, 3.8) is 0 Å². The lowest BCUT2D eigenvalue weighted by molar-refractivity contribution is -0.132. The number of hydrogen-bond acceptors (Lipinski definition) is 3. The maximum absolute atomic E-state index is 10.1. The quantitative estimate of drug-likeness (QED) is 0.400. The summed E-state index contributed by atoms with van der Waals surface area (Å²) in [6.07, 6.45) is 1.08. The van der Waals surface area contributed by atoms with Crippen LogP contribution in [0, 0.1) is 0 Å². The van der Waals surface area contributed by atoms with Gasteiger partial charge in [-0.15, -0.1) is 0 Å². The van der Waals surface area contributed by atoms with Crippen molar-refractivity contribution in [2.75, 3.05) is 33.4 Å². The van der Waals surface area contributed by atoms with E-state index in [4.69, 9.17) is 9.47 Å². The molecule has 0 spiro atoms. The van der Waals surface area contributed by atoms with Crippen molar-refractivity contribution in [1.82, 2.24) is 4.90 Å². The highest BCUT2D eigenvalue weighted by Gasteiger charge is 2.25. The molecule has 0 bridgehead atoms. The fourth-order valence-electron chi connectivity index (χ4n) is 0.959. The van der Waals surface area contributed by atoms with Crippen molar-refractivity contribution in [2.24, 2.45) is 0 Å². The molecule has 0 saturated carbocycles. The minimum atomic E-state index is 0.232. The zero-order valence-corrected chi connectivity index (χ0v) is 6.66. The standard InChI is InChI=1S/C7H13NO3/c1-10-2-3-11-7-4-8(5-7)6-9/h6-7H,2-5H2,1H3. The van der Waals surface area contributed by atoms with Crippen molar-refractivity contribution in [2.45, 2.75) is 6.10 Å². The van der Waals surface area contributed by atoms with Gasteiger partial charge in [0.1, 0.15) is 0 Å². The highest BCUT2D eigenvalue weighted by atomic mass is 16.5. The Hall–Kier alpha value is -0.610. The van der Waals surface area contributed by atoms with Crippen LogP contribution in [0.15, 0.2) is 0 Å². The molecular formula is C7H13NO3. The molecule has 11 heavy (non-hydrogen) atoms. The van der Waals surface area contributed by atoms with E-state index in [1.54, 1.807) is 12.0 Å². The molecule has 1 saturated heterocycles. The highest BCUT2D eigenvalue weighted by Crippen LogP contribution is 2.07. The Morgan fingerprint density at radius 3 is 2.82 bits per heavy atom. The van der Waals surface area contributed by atoms with E-state index in [0.29, 0.717) is 13.2 Å². The van der Waals surface area contributed by atoms with Crippen LogP contribution in [0.3, 0.4) is 0 Å². The predicted molar refractivity (Wildman–Crippen MR) is 39.3 cm³/mol. The van der Waals surface area contributed by atoms with Gasteiger partial charge >= 0.3 is 0 Å². The van der Waals surface area contributed by atoms with Crippen LogP contribution < -0.4 is 0 Å². The van der Waals surface area contributed by atoms with Gasteiger partial charge in [0.25, 0.3) is 0 Å². The van der Waals surface area contributed by atoms with Crippen LogP contribution in [0.4, 0.5) is 0 Å². The van der Waals surface area contributed by atoms with E-state index in [1.165, 1.54) is 0 Å². The van der Waals surface area contributed by atoms with E-state index < -0.39 is 0 Å². The van der Waals surface area contributed by atoms with Gasteiger partial charge in [-0.2, -0.15) is 0 Å². The van der Waals surface area contributed by atoms with Crippen LogP contribution in [-0.4, -0.2) is 50.8 Å². The second-order valence-electron chi connectivity index (χ2n) is 2.54. The van der Waals surface area contributed by atoms with Crippen LogP contribution in [0.5, 0.6) is 0 Å². The zero-order chi connectivity index (χ0) is 8.10. The fourth-order valence-corrected chi connectivity index (χ4v) is 0.959. The summed E-state index contributed by atoms with van der Waals surface area (Å²) in [6.45, 7) is 2.70. The zero-order valence-electron chi connectivity index (χ0n) is 6.66. The molecule has 0 aromatic carbocycles. The van der Waals surface area contributed by atoms with E-state index in [9.17, 15) is 4.79 Å². The lowest BCUT2D eigenvalue weighted by Crippen LogP contribution is -2.51. The SMILES string of the molecule is COCCOC1CN(C=O)C1. The summed E-state index contributed by atoms with van der Waals surface area (Å²) in [5.74, 6) is 0. The topological polar surface area (TPSA) is 38.8 Å². The van der Waals surface area contributed by atoms with E-state index in [-0.39, 0.29) is 6.10 Å². The van der Waals surface area contributed by atoms with Crippen molar-refractivity contribution in [3.05, 3.63) is 0 Å². The molecule has 0 N–H and O–H groups in total. The number of rotatable bonds is 5. The monoisotopic (exact) mass is 159 g/mol. The second kappa shape index (κ2) is 4.31. The Morgan fingerprint density at radius 2 is 2.27 bits per heavy atom. The molecule has 1 heterocycles. The minimum Gasteiger partial charge on any atom is -0.382 e. The first-order chi connectivity index (χ1) is 5.36. The van der Waals surface area contributed by atoms with Gasteiger partial charge in [-0.3, -0.25) is 4.79 Å². The smallest absolute Gasteiger partial charge is 0.209 e. The van der Waals surface area contributed by atoms with E-state index in [0.717, 1.165) is 19.5 Å². The number of hydrogen-bond donors (Lipinski definition) is 0. The Morgan fingerprint density at radius 1 is 1.55 bits per heavy atom. The van der Waals surface area contributed by atoms with Crippen LogP contribution in [-0.2, 0) is 14.3 Å². The van der Waals surface area contributed by atoms with Crippen molar-refractivity contribution in [3.8, 4) is 0 Å². The molecule has 0 unspecified atom stereocenters. The van der Waals surface area contributed by atoms with Crippen LogP contribution in [0.25, 0.3) is 0 Å². The number of methoxy groups -OCH3 is 1. The van der Waals surface area contributed by atoms with Crippen molar-refractivity contribution in [1.29, 1.82) is 0 Å². The lowest BCUT2D eigenvalue weighted by Gasteiger charge is -2.35. The number of ether oxygens (including phenoxy) is 2. The minimum absolute atomic E-state index is 0.232. The highest BCUT2D eigenvalue weighted by molar-refractivity contribution is 5.48. The van der Waals surface area contributed by atoms with Crippen LogP contribution in [0.1, 0.15) is 0 Å². The van der Waals surface area contributed by atoms with Crippen LogP contribution >= 0.6 is 0 Å². The molecule has 0 aromatic heterocycles. The van der Waals surface area contributed by atoms with Gasteiger partial charge in [0, 0.05) is 20.2 Å². The summed E-state index contributed by atoms with van der Waals surface area (Å²) >= 11 is 0. The molecule has 0 aromatic rings. The number of carbonyl (C=O) groups is 1. The normalized spacial score (nSPS) is 18.1. The van der Waals surface area contributed by atoms with E-state index in [2.05, 4.69) is 0 Å². The summed E-state index contributed by atoms with van der Waals surface area (Å²) < 4.78 is 10.1. The largest absolute Gasteiger partial charge is 0.382 e. The van der Waals surface area contributed by atoms with Gasteiger partial charge in [0.15, 0.2) is 0 Å². The second-order valence-corrected chi connectivity index (χ2v) is 2.54. The first-order valence-corrected chi connectivity index (χ1v) is 3.66. The summed E-state index contributed by atoms with van der Waals surface area (Å²) in [6, 6.07) is 0. The van der Waals surface area contributed by atoms with Gasteiger partial charge in [-0.1, -0.05) is 0 Å². The maximum Gasteiger partial charge on any atom is 0.209 e. The summed E-state index contributed by atoms with van der Waals surface area (Å²) in [7, 11) is 1.64. The summed E-state index contributed by atoms with van der Waals surface area (Å²) in [5.41, 5.74) is 0. The molecular weight excluding hydrogens is 146 g/mol. The number of amides is 1. The Balaban J connectivity index is 1.91. The molecule has 1 amide bonds. The van der Waals surface area contributed by atoms with E-state index in [1.807, 2.05) is 0 Å². The molecule has 64 valence electrons. The third-order valence-corrected chi connectivity index (χ3v) is 1.67. The van der Waals surface area contributed by atoms with Crippen molar-refractivity contribution >= 4 is 6.41 Å². The number of likely N-dealkylation sites (tertiary alicyclic amines) is 1. The third kappa shape index (κ3) is 2.48. The molecule has 1 rings (SSSR count). The average Bonchev–Trinajstić information content (AvgIpc) is 1.94. The summed E-state index contributed by atoms with van der Waals surface area (Å²) in [5, 5.41) is 0. The predicted octanol–water partition coefficient (Wildman–Crippen LogP) is -0.510. The summed E-state index contributed by atoms with van der Waals surface area (Å²) in [4.78, 5) is 11.8. The van der Waals surface area contributed by atoms with Gasteiger partial charge < -0.3 is 14.4 Å². The Bertz CT molecular complexity index is 123. The first kappa shape index (κ1) is 8.49. The van der Waals surface area contributed by atoms with Gasteiger partial charge in [-0.05, 0) is 0 Å². The van der Waals surface area contributed by atoms with E-state index >= 15 is 0 Å². The Labute approximate surface area is 66.1 Å². The Kier molecular flexibility index (Phi) is 3.32. The van der Waals surface area contributed by atoms with Crippen molar-refractivity contribution < 1.29 is 14.3 Å². The first-order valence-electron chi connectivity index (χ1n) is 3.66. The number of carbonyl (C=O) groups excluding carboxylic acids is 1. The number of nitrogens with zero attached hydrogens (tertiary/aromatic N) is 1. The third-order valence-electron chi connectivity index (χ3n) is 1.67. The van der Waals surface area contributed by atoms with Crippen LogP contribution in [0.2, 0.25) is 0 Å². The molecule has 4 nitrogen and oxygen atoms in total. The van der Waals surface area contributed by atoms with Gasteiger partial charge in [0.05, 0.1) is 19.3 Å². The fraction of sp³-hybridized carbons (Fsp3) is 0.857. The molecule has 1 aliphatic rings. The maximum atomic E-state index is 10.1. The molecule has 1 aliphatic heterocycles. The average molecular weight is 159 g/mol. The molecule has 1 fully saturated rings.